The first-order valence-electron chi connectivity index (χ1n) is 10.4. The van der Waals surface area contributed by atoms with Gasteiger partial charge in [0.05, 0.1) is 19.1 Å². The predicted molar refractivity (Wildman–Crippen MR) is 122 cm³/mol. The van der Waals surface area contributed by atoms with Gasteiger partial charge in [-0.1, -0.05) is 0 Å². The molecule has 1 N–H and O–H groups in total. The number of hydrogen-bond donors (Lipinski definition) is 1. The van der Waals surface area contributed by atoms with Crippen LogP contribution in [0.1, 0.15) is 0 Å². The number of aromatic nitrogens is 4. The second-order valence-electron chi connectivity index (χ2n) is 7.89. The van der Waals surface area contributed by atoms with Crippen LogP contribution in [0.25, 0.3) is 11.2 Å². The summed E-state index contributed by atoms with van der Waals surface area (Å²) in [5.74, 6) is 0. The van der Waals surface area contributed by atoms with E-state index in [2.05, 4.69) is 14.8 Å². The number of phosphoric acid groups is 1. The number of fused-ring (bicyclic) bond motifs is 1. The van der Waals surface area contributed by atoms with Gasteiger partial charge >= 0.3 is 35.2 Å². The molecule has 2 aromatic heterocycles. The molecule has 1 saturated heterocycles. The van der Waals surface area contributed by atoms with Gasteiger partial charge in [0, 0.05) is 71.2 Å². The summed E-state index contributed by atoms with van der Waals surface area (Å²) >= 11 is 0. The number of anilines is 1. The molecule has 0 aliphatic carbocycles. The van der Waals surface area contributed by atoms with Crippen molar-refractivity contribution < 1.29 is 53.7 Å². The molecule has 0 amide bonds. The van der Waals surface area contributed by atoms with Crippen LogP contribution in [-0.4, -0.2) is 66.1 Å². The Hall–Kier alpha value is -2.36. The predicted octanol–water partition coefficient (Wildman–Crippen LogP) is -5.02. The zero-order valence-electron chi connectivity index (χ0n) is 20.0. The first-order valence-corrected chi connectivity index (χ1v) is 11.9. The van der Waals surface area contributed by atoms with E-state index < -0.39 is 12.7 Å². The molecule has 1 aliphatic heterocycles. The molecule has 3 heterocycles. The van der Waals surface area contributed by atoms with Gasteiger partial charge in [-0.15, -0.1) is 0 Å². The summed E-state index contributed by atoms with van der Waals surface area (Å²) in [5, 5.41) is 10.8. The number of benzene rings is 1. The summed E-state index contributed by atoms with van der Waals surface area (Å²) in [5.41, 5.74) is 1.17. The summed E-state index contributed by atoms with van der Waals surface area (Å²) < 4.78 is 13.0. The maximum absolute atomic E-state index is 12.5. The standard InChI is InChI=1S/C19H23N7O4.Na.H3O4P/c1-21-17-16(18(27)22(2)19(21)28)25(13-20-17)12-9-23-7-10-24(11-8-23)14-3-5-15(6-4-14)26(29)30;;1-5(2,3)4/h3-6,13H,7-12H2,1-2H3;;(H3,1,2,3,4)/q;+1;/p-2. The molecule has 0 spiro atoms. The third-order valence-electron chi connectivity index (χ3n) is 5.67. The van der Waals surface area contributed by atoms with Gasteiger partial charge in [-0.05, 0) is 12.1 Å². The number of nitro groups is 1. The molecule has 0 radical (unpaired) electrons. The number of rotatable bonds is 5. The van der Waals surface area contributed by atoms with Crippen LogP contribution in [0.4, 0.5) is 11.4 Å². The van der Waals surface area contributed by atoms with Gasteiger partial charge in [0.25, 0.3) is 11.2 Å². The first-order chi connectivity index (χ1) is 16.4. The summed E-state index contributed by atoms with van der Waals surface area (Å²) in [7, 11) is -2.06. The molecule has 1 fully saturated rings. The minimum Gasteiger partial charge on any atom is -0.790 e. The largest absolute Gasteiger partial charge is 1.00 e. The van der Waals surface area contributed by atoms with Crippen molar-refractivity contribution in [2.45, 2.75) is 6.54 Å². The van der Waals surface area contributed by atoms with Gasteiger partial charge in [-0.3, -0.25) is 28.9 Å². The number of non-ortho nitro benzene ring substituents is 1. The minimum atomic E-state index is -5.14. The van der Waals surface area contributed by atoms with Crippen LogP contribution in [0, 0.1) is 10.1 Å². The van der Waals surface area contributed by atoms with Gasteiger partial charge in [-0.2, -0.15) is 0 Å². The van der Waals surface area contributed by atoms with E-state index in [-0.39, 0.29) is 46.5 Å². The van der Waals surface area contributed by atoms with E-state index in [0.29, 0.717) is 17.7 Å². The Labute approximate surface area is 226 Å². The van der Waals surface area contributed by atoms with E-state index >= 15 is 0 Å². The average Bonchev–Trinajstić information content (AvgIpc) is 3.23. The number of hydrogen-bond acceptors (Lipinski definition) is 10. The van der Waals surface area contributed by atoms with Crippen LogP contribution in [0.5, 0.6) is 0 Å². The molecule has 0 bridgehead atoms. The Bertz CT molecular complexity index is 1370. The van der Waals surface area contributed by atoms with E-state index in [4.69, 9.17) is 19.2 Å². The SMILES string of the molecule is Cn1c(=O)c2c(ncn2CCN2CCN(c3ccc([N+](=O)[O-])cc3)CC2)n(C)c1=O.O=P([O-])([O-])O.[Na+]. The number of nitrogens with zero attached hydrogens (tertiary/aromatic N) is 7. The van der Waals surface area contributed by atoms with E-state index in [9.17, 15) is 19.7 Å². The van der Waals surface area contributed by atoms with Crippen molar-refractivity contribution in [3.05, 3.63) is 61.5 Å². The second kappa shape index (κ2) is 12.3. The van der Waals surface area contributed by atoms with Crippen LogP contribution >= 0.6 is 7.82 Å². The second-order valence-corrected chi connectivity index (χ2v) is 8.82. The molecule has 3 aromatic rings. The summed E-state index contributed by atoms with van der Waals surface area (Å²) in [6.45, 7) is 4.69. The van der Waals surface area contributed by atoms with Gasteiger partial charge in [0.1, 0.15) is 0 Å². The van der Waals surface area contributed by atoms with Crippen LogP contribution in [-0.2, 0) is 25.2 Å². The molecule has 190 valence electrons. The normalized spacial score (nSPS) is 14.2. The Morgan fingerprint density at radius 2 is 1.58 bits per heavy atom. The van der Waals surface area contributed by atoms with Crippen LogP contribution < -0.4 is 55.5 Å². The Morgan fingerprint density at radius 1 is 1.03 bits per heavy atom. The molecule has 36 heavy (non-hydrogen) atoms. The van der Waals surface area contributed by atoms with Crippen molar-refractivity contribution in [3.63, 3.8) is 0 Å². The Morgan fingerprint density at radius 3 is 2.11 bits per heavy atom. The average molecular weight is 532 g/mol. The molecule has 1 aromatic carbocycles. The molecular formula is C19H24N7NaO8P-. The fourth-order valence-electron chi connectivity index (χ4n) is 3.83. The molecule has 0 unspecified atom stereocenters. The zero-order chi connectivity index (χ0) is 25.9. The molecular weight excluding hydrogens is 508 g/mol. The van der Waals surface area contributed by atoms with Crippen molar-refractivity contribution in [1.82, 2.24) is 23.6 Å². The molecule has 0 saturated carbocycles. The fraction of sp³-hybridized carbons (Fsp3) is 0.421. The zero-order valence-corrected chi connectivity index (χ0v) is 22.9. The van der Waals surface area contributed by atoms with E-state index in [1.54, 1.807) is 30.1 Å². The van der Waals surface area contributed by atoms with Crippen LogP contribution in [0.15, 0.2) is 40.2 Å². The van der Waals surface area contributed by atoms with Gasteiger partial charge in [-0.25, -0.2) is 9.78 Å². The quantitative estimate of drug-likeness (QED) is 0.143. The number of imidazole rings is 1. The van der Waals surface area contributed by atoms with E-state index in [1.165, 1.54) is 23.7 Å². The number of nitro benzene ring substituents is 1. The molecule has 0 atom stereocenters. The molecule has 1 aliphatic rings. The summed E-state index contributed by atoms with van der Waals surface area (Å²) in [4.78, 5) is 68.0. The molecule has 17 heteroatoms. The minimum absolute atomic E-state index is 0. The smallest absolute Gasteiger partial charge is 0.790 e. The van der Waals surface area contributed by atoms with Crippen molar-refractivity contribution in [3.8, 4) is 0 Å². The van der Waals surface area contributed by atoms with Crippen molar-refractivity contribution in [2.75, 3.05) is 37.6 Å². The maximum atomic E-state index is 12.5. The van der Waals surface area contributed by atoms with E-state index in [0.717, 1.165) is 43.0 Å². The fourth-order valence-corrected chi connectivity index (χ4v) is 3.83. The van der Waals surface area contributed by atoms with Crippen molar-refractivity contribution in [2.24, 2.45) is 14.1 Å². The molecule has 4 rings (SSSR count). The van der Waals surface area contributed by atoms with Gasteiger partial charge < -0.3 is 28.7 Å². The van der Waals surface area contributed by atoms with Crippen LogP contribution in [0.2, 0.25) is 0 Å². The first kappa shape index (κ1) is 29.9. The Kier molecular flexibility index (Phi) is 10.2. The van der Waals surface area contributed by atoms with E-state index in [1.807, 2.05) is 0 Å². The third kappa shape index (κ3) is 7.33. The van der Waals surface area contributed by atoms with Gasteiger partial charge in [0.2, 0.25) is 0 Å². The Balaban J connectivity index is 0.000000694. The third-order valence-corrected chi connectivity index (χ3v) is 5.67. The van der Waals surface area contributed by atoms with Crippen LogP contribution in [0.3, 0.4) is 0 Å². The summed E-state index contributed by atoms with van der Waals surface area (Å²) in [6.07, 6.45) is 1.61. The monoisotopic (exact) mass is 532 g/mol. The summed E-state index contributed by atoms with van der Waals surface area (Å²) in [6, 6.07) is 6.62. The van der Waals surface area contributed by atoms with Gasteiger partial charge in [0.15, 0.2) is 11.2 Å². The van der Waals surface area contributed by atoms with Crippen molar-refractivity contribution >= 4 is 30.4 Å². The maximum Gasteiger partial charge on any atom is 1.00 e. The molecule has 15 nitrogen and oxygen atoms in total. The number of aryl methyl sites for hydroxylation is 1. The van der Waals surface area contributed by atoms with Crippen molar-refractivity contribution in [1.29, 1.82) is 0 Å². The number of piperazine rings is 1. The topological polar surface area (TPSA) is 195 Å².